The Hall–Kier alpha value is -3.39. The molecule has 4 aromatic rings. The van der Waals surface area contributed by atoms with Crippen molar-refractivity contribution in [2.45, 2.75) is 38.3 Å². The molecule has 0 radical (unpaired) electrons. The fraction of sp³-hybridized carbons (Fsp3) is 0.292. The number of aromatic amines is 2. The monoisotopic (exact) mass is 447 g/mol. The number of fused-ring (bicyclic) bond motifs is 1. The molecular formula is C24H25N5O2S. The fourth-order valence-electron chi connectivity index (χ4n) is 4.14. The van der Waals surface area contributed by atoms with Gasteiger partial charge in [-0.15, -0.1) is 0 Å². The van der Waals surface area contributed by atoms with E-state index in [1.165, 1.54) is 0 Å². The van der Waals surface area contributed by atoms with Crippen molar-refractivity contribution in [1.29, 1.82) is 0 Å². The predicted octanol–water partition coefficient (Wildman–Crippen LogP) is 4.68. The van der Waals surface area contributed by atoms with Gasteiger partial charge in [0, 0.05) is 29.1 Å². The second kappa shape index (κ2) is 8.63. The number of aryl methyl sites for hydroxylation is 1. The van der Waals surface area contributed by atoms with Gasteiger partial charge in [-0.25, -0.2) is 0 Å². The molecule has 0 atom stereocenters. The summed E-state index contributed by atoms with van der Waals surface area (Å²) in [5.74, 6) is 1.60. The smallest absolute Gasteiger partial charge is 0.220 e. The van der Waals surface area contributed by atoms with Gasteiger partial charge < -0.3 is 15.0 Å². The minimum Gasteiger partial charge on any atom is -0.497 e. The number of aromatic nitrogens is 4. The van der Waals surface area contributed by atoms with E-state index in [-0.39, 0.29) is 5.91 Å². The highest BCUT2D eigenvalue weighted by molar-refractivity contribution is 7.71. The third-order valence-electron chi connectivity index (χ3n) is 5.93. The number of methoxy groups -OCH3 is 1. The van der Waals surface area contributed by atoms with E-state index in [9.17, 15) is 4.79 Å². The van der Waals surface area contributed by atoms with E-state index in [0.29, 0.717) is 30.2 Å². The Kier molecular flexibility index (Phi) is 5.53. The number of carbonyl (C=O) groups excluding carboxylic acids is 1. The molecule has 2 aromatic heterocycles. The van der Waals surface area contributed by atoms with Gasteiger partial charge in [0.2, 0.25) is 5.91 Å². The zero-order valence-corrected chi connectivity index (χ0v) is 18.7. The molecule has 1 aliphatic rings. The van der Waals surface area contributed by atoms with E-state index < -0.39 is 0 Å². The Bertz CT molecular complexity index is 1310. The minimum atomic E-state index is -0.00720. The average molecular weight is 448 g/mol. The maximum atomic E-state index is 12.7. The highest BCUT2D eigenvalue weighted by Crippen LogP contribution is 2.36. The summed E-state index contributed by atoms with van der Waals surface area (Å²) >= 11 is 5.32. The van der Waals surface area contributed by atoms with Crippen molar-refractivity contribution in [2.75, 3.05) is 7.11 Å². The maximum absolute atomic E-state index is 12.7. The van der Waals surface area contributed by atoms with Crippen LogP contribution in [0.1, 0.15) is 36.7 Å². The normalized spacial score (nSPS) is 13.4. The summed E-state index contributed by atoms with van der Waals surface area (Å²) in [4.78, 5) is 16.2. The number of nitrogens with zero attached hydrogens (tertiary/aromatic N) is 2. The lowest BCUT2D eigenvalue weighted by Gasteiger charge is -2.09. The molecule has 0 unspecified atom stereocenters. The molecule has 5 rings (SSSR count). The minimum absolute atomic E-state index is 0.00720. The molecule has 2 aromatic carbocycles. The van der Waals surface area contributed by atoms with Gasteiger partial charge in [-0.3, -0.25) is 14.5 Å². The number of amides is 1. The molecule has 32 heavy (non-hydrogen) atoms. The SMILES string of the molecule is COc1ccc(-c2[nH]c3ccccc3c2CCC(=O)NCc2n[nH]c(=S)n2C2CC2)cc1. The second-order valence-corrected chi connectivity index (χ2v) is 8.46. The highest BCUT2D eigenvalue weighted by atomic mass is 32.1. The average Bonchev–Trinajstić information content (AvgIpc) is 3.49. The Balaban J connectivity index is 1.32. The summed E-state index contributed by atoms with van der Waals surface area (Å²) in [5.41, 5.74) is 4.31. The van der Waals surface area contributed by atoms with Crippen LogP contribution in [0.4, 0.5) is 0 Å². The van der Waals surface area contributed by atoms with E-state index in [2.05, 4.69) is 32.6 Å². The topological polar surface area (TPSA) is 87.7 Å². The van der Waals surface area contributed by atoms with Crippen LogP contribution in [0.2, 0.25) is 0 Å². The largest absolute Gasteiger partial charge is 0.497 e. The molecule has 0 saturated heterocycles. The third-order valence-corrected chi connectivity index (χ3v) is 6.22. The summed E-state index contributed by atoms with van der Waals surface area (Å²) in [7, 11) is 1.66. The second-order valence-electron chi connectivity index (χ2n) is 8.08. The van der Waals surface area contributed by atoms with Gasteiger partial charge in [0.05, 0.1) is 13.7 Å². The molecule has 1 saturated carbocycles. The number of carbonyl (C=O) groups is 1. The zero-order valence-electron chi connectivity index (χ0n) is 17.9. The first-order valence-electron chi connectivity index (χ1n) is 10.8. The Labute approximate surface area is 190 Å². The van der Waals surface area contributed by atoms with Crippen molar-refractivity contribution in [3.8, 4) is 17.0 Å². The molecule has 1 fully saturated rings. The van der Waals surface area contributed by atoms with Crippen LogP contribution in [0, 0.1) is 4.77 Å². The van der Waals surface area contributed by atoms with Crippen molar-refractivity contribution >= 4 is 29.0 Å². The number of rotatable bonds is 8. The molecule has 1 amide bonds. The van der Waals surface area contributed by atoms with Gasteiger partial charge in [-0.2, -0.15) is 5.10 Å². The molecule has 7 nitrogen and oxygen atoms in total. The number of hydrogen-bond acceptors (Lipinski definition) is 4. The van der Waals surface area contributed by atoms with E-state index in [4.69, 9.17) is 17.0 Å². The van der Waals surface area contributed by atoms with Crippen LogP contribution < -0.4 is 10.1 Å². The van der Waals surface area contributed by atoms with Gasteiger partial charge >= 0.3 is 0 Å². The summed E-state index contributed by atoms with van der Waals surface area (Å²) in [6.45, 7) is 0.377. The Morgan fingerprint density at radius 2 is 2.00 bits per heavy atom. The molecule has 8 heteroatoms. The van der Waals surface area contributed by atoms with Crippen molar-refractivity contribution in [3.05, 3.63) is 64.7 Å². The van der Waals surface area contributed by atoms with Crippen LogP contribution in [0.5, 0.6) is 5.75 Å². The van der Waals surface area contributed by atoms with E-state index in [0.717, 1.165) is 52.1 Å². The van der Waals surface area contributed by atoms with Crippen molar-refractivity contribution in [2.24, 2.45) is 0 Å². The van der Waals surface area contributed by atoms with Crippen LogP contribution in [-0.2, 0) is 17.8 Å². The lowest BCUT2D eigenvalue weighted by atomic mass is 10.0. The van der Waals surface area contributed by atoms with E-state index in [1.54, 1.807) is 7.11 Å². The lowest BCUT2D eigenvalue weighted by molar-refractivity contribution is -0.121. The molecular weight excluding hydrogens is 422 g/mol. The van der Waals surface area contributed by atoms with Gasteiger partial charge in [0.25, 0.3) is 0 Å². The van der Waals surface area contributed by atoms with Crippen molar-refractivity contribution in [3.63, 3.8) is 0 Å². The fourth-order valence-corrected chi connectivity index (χ4v) is 4.44. The van der Waals surface area contributed by atoms with Crippen LogP contribution in [0.3, 0.4) is 0 Å². The van der Waals surface area contributed by atoms with E-state index in [1.807, 2.05) is 41.0 Å². The lowest BCUT2D eigenvalue weighted by Crippen LogP contribution is -2.25. The standard InChI is InChI=1S/C24H25N5O2S/c1-31-17-10-6-15(7-11-17)23-19(18-4-2-3-5-20(18)26-23)12-13-22(30)25-14-21-27-28-24(32)29(21)16-8-9-16/h2-7,10-11,16,26H,8-9,12-14H2,1H3,(H,25,30)(H,28,32). The quantitative estimate of drug-likeness (QED) is 0.342. The highest BCUT2D eigenvalue weighted by Gasteiger charge is 2.27. The summed E-state index contributed by atoms with van der Waals surface area (Å²) in [6, 6.07) is 16.6. The third kappa shape index (κ3) is 4.05. The zero-order chi connectivity index (χ0) is 22.1. The number of para-hydroxylation sites is 1. The maximum Gasteiger partial charge on any atom is 0.220 e. The number of H-pyrrole nitrogens is 2. The summed E-state index contributed by atoms with van der Waals surface area (Å²) < 4.78 is 7.94. The van der Waals surface area contributed by atoms with Crippen LogP contribution in [-0.4, -0.2) is 32.8 Å². The van der Waals surface area contributed by atoms with Gasteiger partial charge in [-0.1, -0.05) is 18.2 Å². The van der Waals surface area contributed by atoms with E-state index >= 15 is 0 Å². The van der Waals surface area contributed by atoms with Gasteiger partial charge in [0.15, 0.2) is 10.6 Å². The first-order chi connectivity index (χ1) is 15.6. The molecule has 0 bridgehead atoms. The summed E-state index contributed by atoms with van der Waals surface area (Å²) in [6.07, 6.45) is 3.25. The predicted molar refractivity (Wildman–Crippen MR) is 126 cm³/mol. The molecule has 1 aliphatic carbocycles. The van der Waals surface area contributed by atoms with Crippen LogP contribution in [0.15, 0.2) is 48.5 Å². The van der Waals surface area contributed by atoms with Crippen LogP contribution >= 0.6 is 12.2 Å². The molecule has 0 aliphatic heterocycles. The molecule has 164 valence electrons. The van der Waals surface area contributed by atoms with Gasteiger partial charge in [0.1, 0.15) is 5.75 Å². The number of nitrogens with one attached hydrogen (secondary N) is 3. The first kappa shape index (κ1) is 20.5. The van der Waals surface area contributed by atoms with Crippen molar-refractivity contribution in [1.82, 2.24) is 25.1 Å². The number of hydrogen-bond donors (Lipinski definition) is 3. The number of ether oxygens (including phenoxy) is 1. The van der Waals surface area contributed by atoms with Crippen molar-refractivity contribution < 1.29 is 9.53 Å². The number of benzene rings is 2. The molecule has 2 heterocycles. The molecule has 0 spiro atoms. The first-order valence-corrected chi connectivity index (χ1v) is 11.2. The summed E-state index contributed by atoms with van der Waals surface area (Å²) in [5, 5.41) is 11.3. The van der Waals surface area contributed by atoms with Crippen LogP contribution in [0.25, 0.3) is 22.2 Å². The Morgan fingerprint density at radius 1 is 1.22 bits per heavy atom. The Morgan fingerprint density at radius 3 is 2.75 bits per heavy atom. The molecule has 3 N–H and O–H groups in total. The van der Waals surface area contributed by atoms with Gasteiger partial charge in [-0.05, 0) is 72.9 Å².